The molecule has 2 aromatic carbocycles. The number of sulfone groups is 1. The van der Waals surface area contributed by atoms with Gasteiger partial charge in [-0.05, 0) is 36.2 Å². The molecule has 0 spiro atoms. The molecule has 8 heteroatoms. The van der Waals surface area contributed by atoms with E-state index in [1.54, 1.807) is 16.7 Å². The van der Waals surface area contributed by atoms with Crippen LogP contribution < -0.4 is 5.32 Å². The number of halogens is 1. The topological polar surface area (TPSA) is 81.1 Å². The van der Waals surface area contributed by atoms with Crippen LogP contribution in [0.1, 0.15) is 30.8 Å². The molecule has 3 aromatic rings. The van der Waals surface area contributed by atoms with Crippen molar-refractivity contribution in [3.63, 3.8) is 0 Å². The van der Waals surface area contributed by atoms with Crippen LogP contribution in [-0.2, 0) is 26.9 Å². The molecule has 0 aliphatic carbocycles. The maximum absolute atomic E-state index is 12.8. The van der Waals surface area contributed by atoms with Crippen molar-refractivity contribution in [2.24, 2.45) is 0 Å². The minimum absolute atomic E-state index is 0.0115. The Morgan fingerprint density at radius 2 is 1.96 bits per heavy atom. The third kappa shape index (κ3) is 4.91. The Labute approximate surface area is 169 Å². The van der Waals surface area contributed by atoms with Gasteiger partial charge in [0.1, 0.15) is 18.1 Å². The van der Waals surface area contributed by atoms with Crippen molar-refractivity contribution in [1.29, 1.82) is 0 Å². The van der Waals surface area contributed by atoms with Gasteiger partial charge in [0.25, 0.3) is 0 Å². The highest BCUT2D eigenvalue weighted by atomic mass is 35.5. The molecule has 0 fully saturated rings. The fourth-order valence-corrected chi connectivity index (χ4v) is 4.06. The normalized spacial score (nSPS) is 12.8. The Kier molecular flexibility index (Phi) is 6.05. The van der Waals surface area contributed by atoms with Crippen molar-refractivity contribution in [2.45, 2.75) is 31.7 Å². The van der Waals surface area contributed by atoms with Crippen LogP contribution in [-0.4, -0.2) is 30.1 Å². The average molecular weight is 420 g/mol. The number of hydrogen-bond donors (Lipinski definition) is 1. The maximum atomic E-state index is 12.8. The number of benzene rings is 2. The van der Waals surface area contributed by atoms with E-state index in [4.69, 9.17) is 11.6 Å². The molecule has 6 nitrogen and oxygen atoms in total. The van der Waals surface area contributed by atoms with E-state index in [2.05, 4.69) is 10.3 Å². The summed E-state index contributed by atoms with van der Waals surface area (Å²) >= 11 is 6.06. The van der Waals surface area contributed by atoms with Gasteiger partial charge >= 0.3 is 0 Å². The fourth-order valence-electron chi connectivity index (χ4n) is 3.17. The van der Waals surface area contributed by atoms with E-state index in [0.29, 0.717) is 22.8 Å². The molecule has 0 aliphatic heterocycles. The second kappa shape index (κ2) is 8.32. The first kappa shape index (κ1) is 20.4. The lowest BCUT2D eigenvalue weighted by Crippen LogP contribution is -2.32. The van der Waals surface area contributed by atoms with Crippen LogP contribution in [0.2, 0.25) is 5.02 Å². The first-order valence-corrected chi connectivity index (χ1v) is 11.4. The standard InChI is InChI=1S/C20H22ClN3O3S/c1-3-16(14-7-6-8-15(21)11-14)23-20(25)12-24-18-10-5-4-9-17(18)22-19(24)13-28(2,26)27/h4-11,16H,3,12-13H2,1-2H3,(H,23,25)/t16-/m1/s1. The van der Waals surface area contributed by atoms with Crippen LogP contribution >= 0.6 is 11.6 Å². The summed E-state index contributed by atoms with van der Waals surface area (Å²) in [5.41, 5.74) is 2.32. The van der Waals surface area contributed by atoms with Crippen molar-refractivity contribution in [3.8, 4) is 0 Å². The second-order valence-electron chi connectivity index (χ2n) is 6.76. The number of rotatable bonds is 7. The van der Waals surface area contributed by atoms with Crippen LogP contribution in [0, 0.1) is 0 Å². The summed E-state index contributed by atoms with van der Waals surface area (Å²) in [6.45, 7) is 1.97. The van der Waals surface area contributed by atoms with Crippen LogP contribution in [0.4, 0.5) is 0 Å². The Morgan fingerprint density at radius 3 is 2.64 bits per heavy atom. The molecule has 0 bridgehead atoms. The third-order valence-corrected chi connectivity index (χ3v) is 5.44. The number of nitrogens with zero attached hydrogens (tertiary/aromatic N) is 2. The van der Waals surface area contributed by atoms with Crippen LogP contribution in [0.25, 0.3) is 11.0 Å². The quantitative estimate of drug-likeness (QED) is 0.635. The molecule has 0 aliphatic rings. The average Bonchev–Trinajstić information content (AvgIpc) is 2.95. The number of imidazole rings is 1. The predicted octanol–water partition coefficient (Wildman–Crippen LogP) is 3.50. The van der Waals surface area contributed by atoms with Gasteiger partial charge in [0.05, 0.1) is 17.1 Å². The van der Waals surface area contributed by atoms with Gasteiger partial charge in [0.15, 0.2) is 9.84 Å². The maximum Gasteiger partial charge on any atom is 0.240 e. The molecule has 0 saturated heterocycles. The molecule has 0 unspecified atom stereocenters. The number of fused-ring (bicyclic) bond motifs is 1. The van der Waals surface area contributed by atoms with Gasteiger partial charge in [0, 0.05) is 11.3 Å². The predicted molar refractivity (Wildman–Crippen MR) is 111 cm³/mol. The molecule has 0 radical (unpaired) electrons. The molecule has 3 rings (SSSR count). The Hall–Kier alpha value is -2.38. The summed E-state index contributed by atoms with van der Waals surface area (Å²) < 4.78 is 25.2. The lowest BCUT2D eigenvalue weighted by atomic mass is 10.0. The van der Waals surface area contributed by atoms with Gasteiger partial charge in [-0.3, -0.25) is 4.79 Å². The molecule has 0 saturated carbocycles. The third-order valence-electron chi connectivity index (χ3n) is 4.42. The summed E-state index contributed by atoms with van der Waals surface area (Å²) in [4.78, 5) is 17.2. The summed E-state index contributed by atoms with van der Waals surface area (Å²) in [6.07, 6.45) is 1.86. The molecule has 1 amide bonds. The highest BCUT2D eigenvalue weighted by molar-refractivity contribution is 7.89. The highest BCUT2D eigenvalue weighted by Gasteiger charge is 2.19. The molecule has 148 valence electrons. The number of aromatic nitrogens is 2. The van der Waals surface area contributed by atoms with Crippen LogP contribution in [0.5, 0.6) is 0 Å². The minimum atomic E-state index is -3.29. The molecule has 1 N–H and O–H groups in total. The number of hydrogen-bond acceptors (Lipinski definition) is 4. The summed E-state index contributed by atoms with van der Waals surface area (Å²) in [5.74, 6) is -0.0834. The van der Waals surface area contributed by atoms with Gasteiger partial charge in [0.2, 0.25) is 5.91 Å². The van der Waals surface area contributed by atoms with Gasteiger partial charge < -0.3 is 9.88 Å². The van der Waals surface area contributed by atoms with Gasteiger partial charge in [-0.2, -0.15) is 0 Å². The minimum Gasteiger partial charge on any atom is -0.348 e. The van der Waals surface area contributed by atoms with Crippen LogP contribution in [0.3, 0.4) is 0 Å². The zero-order chi connectivity index (χ0) is 20.3. The summed E-state index contributed by atoms with van der Waals surface area (Å²) in [6, 6.07) is 14.5. The van der Waals surface area contributed by atoms with E-state index < -0.39 is 9.84 Å². The zero-order valence-electron chi connectivity index (χ0n) is 15.7. The Bertz CT molecular complexity index is 1110. The molecule has 1 heterocycles. The summed E-state index contributed by atoms with van der Waals surface area (Å²) in [7, 11) is -3.29. The van der Waals surface area contributed by atoms with E-state index in [1.807, 2.05) is 43.3 Å². The smallest absolute Gasteiger partial charge is 0.240 e. The Morgan fingerprint density at radius 1 is 1.21 bits per heavy atom. The van der Waals surface area contributed by atoms with E-state index in [0.717, 1.165) is 17.3 Å². The summed E-state index contributed by atoms with van der Waals surface area (Å²) in [5, 5.41) is 3.62. The van der Waals surface area contributed by atoms with Crippen molar-refractivity contribution >= 4 is 38.4 Å². The monoisotopic (exact) mass is 419 g/mol. The van der Waals surface area contributed by atoms with Crippen molar-refractivity contribution in [3.05, 3.63) is 64.9 Å². The largest absolute Gasteiger partial charge is 0.348 e. The zero-order valence-corrected chi connectivity index (χ0v) is 17.3. The molecular weight excluding hydrogens is 398 g/mol. The van der Waals surface area contributed by atoms with Gasteiger partial charge in [-0.15, -0.1) is 0 Å². The molecule has 1 atom stereocenters. The molecule has 1 aromatic heterocycles. The number of para-hydroxylation sites is 2. The van der Waals surface area contributed by atoms with E-state index in [9.17, 15) is 13.2 Å². The van der Waals surface area contributed by atoms with E-state index in [-0.39, 0.29) is 24.2 Å². The Balaban J connectivity index is 1.86. The van der Waals surface area contributed by atoms with E-state index in [1.165, 1.54) is 0 Å². The van der Waals surface area contributed by atoms with Crippen molar-refractivity contribution in [2.75, 3.05) is 6.26 Å². The molecule has 28 heavy (non-hydrogen) atoms. The number of amides is 1. The number of nitrogens with one attached hydrogen (secondary N) is 1. The van der Waals surface area contributed by atoms with Gasteiger partial charge in [-0.25, -0.2) is 13.4 Å². The SMILES string of the molecule is CC[C@@H](NC(=O)Cn1c(CS(C)(=O)=O)nc2ccccc21)c1cccc(Cl)c1. The van der Waals surface area contributed by atoms with E-state index >= 15 is 0 Å². The molecular formula is C20H22ClN3O3S. The first-order chi connectivity index (χ1) is 13.3. The lowest BCUT2D eigenvalue weighted by molar-refractivity contribution is -0.122. The van der Waals surface area contributed by atoms with Crippen molar-refractivity contribution < 1.29 is 13.2 Å². The first-order valence-electron chi connectivity index (χ1n) is 8.93. The second-order valence-corrected chi connectivity index (χ2v) is 9.33. The van der Waals surface area contributed by atoms with Gasteiger partial charge in [-0.1, -0.05) is 42.8 Å². The van der Waals surface area contributed by atoms with Crippen LogP contribution in [0.15, 0.2) is 48.5 Å². The fraction of sp³-hybridized carbons (Fsp3) is 0.300. The highest BCUT2D eigenvalue weighted by Crippen LogP contribution is 2.21. The lowest BCUT2D eigenvalue weighted by Gasteiger charge is -2.18. The number of carbonyl (C=O) groups is 1. The van der Waals surface area contributed by atoms with Crippen molar-refractivity contribution in [1.82, 2.24) is 14.9 Å². The number of carbonyl (C=O) groups excluding carboxylic acids is 1.